The van der Waals surface area contributed by atoms with Crippen LogP contribution in [0.3, 0.4) is 0 Å². The summed E-state index contributed by atoms with van der Waals surface area (Å²) in [5.41, 5.74) is 1.70. The van der Waals surface area contributed by atoms with Crippen LogP contribution in [0.1, 0.15) is 11.1 Å². The summed E-state index contributed by atoms with van der Waals surface area (Å²) in [6, 6.07) is 15.6. The Labute approximate surface area is 226 Å². The lowest BCUT2D eigenvalue weighted by Gasteiger charge is -2.27. The summed E-state index contributed by atoms with van der Waals surface area (Å²) in [7, 11) is -2.25. The Morgan fingerprint density at radius 3 is 2.45 bits per heavy atom. The molecular weight excluding hydrogens is 532 g/mol. The zero-order valence-electron chi connectivity index (χ0n) is 20.9. The first-order valence-corrected chi connectivity index (χ1v) is 13.8. The number of aliphatic hydroxyl groups is 1. The van der Waals surface area contributed by atoms with Gasteiger partial charge in [-0.15, -0.1) is 5.11 Å². The van der Waals surface area contributed by atoms with Gasteiger partial charge >= 0.3 is 6.01 Å². The Morgan fingerprint density at radius 2 is 1.76 bits per heavy atom. The summed E-state index contributed by atoms with van der Waals surface area (Å²) in [6.45, 7) is 2.80. The highest BCUT2D eigenvalue weighted by atomic mass is 35.5. The Morgan fingerprint density at radius 1 is 1.08 bits per heavy atom. The molecule has 4 rings (SSSR count). The summed E-state index contributed by atoms with van der Waals surface area (Å²) in [6.07, 6.45) is 0. The molecule has 2 aromatic carbocycles. The van der Waals surface area contributed by atoms with Crippen LogP contribution >= 0.6 is 11.6 Å². The highest BCUT2D eigenvalue weighted by Crippen LogP contribution is 2.24. The first kappa shape index (κ1) is 27.9. The molecule has 38 heavy (non-hydrogen) atoms. The normalized spacial score (nSPS) is 14.4. The highest BCUT2D eigenvalue weighted by Gasteiger charge is 2.20. The van der Waals surface area contributed by atoms with Crippen molar-refractivity contribution in [2.45, 2.75) is 18.0 Å². The summed E-state index contributed by atoms with van der Waals surface area (Å²) in [5, 5.41) is 18.2. The smallest absolute Gasteiger partial charge is 0.320 e. The van der Waals surface area contributed by atoms with Crippen LogP contribution in [0.15, 0.2) is 69.7 Å². The van der Waals surface area contributed by atoms with E-state index in [0.717, 1.165) is 15.4 Å². The molecule has 1 aliphatic rings. The van der Waals surface area contributed by atoms with Crippen LogP contribution < -0.4 is 9.64 Å². The minimum Gasteiger partial charge on any atom is -0.458 e. The van der Waals surface area contributed by atoms with Gasteiger partial charge in [-0.25, -0.2) is 8.42 Å². The van der Waals surface area contributed by atoms with Gasteiger partial charge in [-0.05, 0) is 35.4 Å². The molecule has 0 amide bonds. The Balaban J connectivity index is 1.48. The van der Waals surface area contributed by atoms with Gasteiger partial charge in [0.15, 0.2) is 5.82 Å². The van der Waals surface area contributed by atoms with Gasteiger partial charge in [-0.3, -0.25) is 0 Å². The van der Waals surface area contributed by atoms with Gasteiger partial charge in [0.25, 0.3) is 0 Å². The zero-order chi connectivity index (χ0) is 27.0. The van der Waals surface area contributed by atoms with Gasteiger partial charge in [0.2, 0.25) is 10.0 Å². The molecule has 0 unspecified atom stereocenters. The molecule has 11 nitrogen and oxygen atoms in total. The molecule has 1 fully saturated rings. The molecule has 0 bridgehead atoms. The molecule has 0 radical (unpaired) electrons. The molecule has 1 saturated heterocycles. The van der Waals surface area contributed by atoms with Crippen LogP contribution in [0.4, 0.5) is 11.6 Å². The maximum Gasteiger partial charge on any atom is 0.320 e. The molecule has 1 N–H and O–H groups in total. The van der Waals surface area contributed by atoms with E-state index in [-0.39, 0.29) is 30.7 Å². The second-order valence-electron chi connectivity index (χ2n) is 8.48. The maximum absolute atomic E-state index is 12.6. The second-order valence-corrected chi connectivity index (χ2v) is 11.0. The molecule has 1 aliphatic heterocycles. The van der Waals surface area contributed by atoms with Gasteiger partial charge in [0.05, 0.1) is 31.3 Å². The second kappa shape index (κ2) is 13.1. The van der Waals surface area contributed by atoms with Crippen molar-refractivity contribution in [3.05, 3.63) is 70.7 Å². The number of nitrogens with zero attached hydrogens (tertiary/aromatic N) is 6. The van der Waals surface area contributed by atoms with Gasteiger partial charge in [-0.1, -0.05) is 35.9 Å². The van der Waals surface area contributed by atoms with E-state index in [1.54, 1.807) is 30.3 Å². The number of benzene rings is 2. The number of ether oxygens (including phenoxy) is 2. The van der Waals surface area contributed by atoms with Crippen molar-refractivity contribution in [2.75, 3.05) is 51.4 Å². The van der Waals surface area contributed by atoms with E-state index in [9.17, 15) is 8.42 Å². The number of hydrogen-bond acceptors (Lipinski definition) is 10. The van der Waals surface area contributed by atoms with Crippen LogP contribution in [0.25, 0.3) is 0 Å². The van der Waals surface area contributed by atoms with E-state index < -0.39 is 10.0 Å². The number of halogens is 1. The first-order chi connectivity index (χ1) is 18.3. The van der Waals surface area contributed by atoms with Crippen LogP contribution in [0.2, 0.25) is 5.02 Å². The van der Waals surface area contributed by atoms with Crippen molar-refractivity contribution in [2.24, 2.45) is 10.2 Å². The van der Waals surface area contributed by atoms with Crippen molar-refractivity contribution in [1.29, 1.82) is 0 Å². The summed E-state index contributed by atoms with van der Waals surface area (Å²) < 4.78 is 37.5. The molecule has 0 spiro atoms. The van der Waals surface area contributed by atoms with E-state index >= 15 is 0 Å². The first-order valence-electron chi connectivity index (χ1n) is 12.0. The fourth-order valence-corrected chi connectivity index (χ4v) is 4.88. The fourth-order valence-electron chi connectivity index (χ4n) is 3.60. The van der Waals surface area contributed by atoms with E-state index in [4.69, 9.17) is 26.2 Å². The average Bonchev–Trinajstić information content (AvgIpc) is 2.94. The zero-order valence-corrected chi connectivity index (χ0v) is 22.5. The topological polar surface area (TPSA) is 130 Å². The summed E-state index contributed by atoms with van der Waals surface area (Å²) in [5.74, 6) is 1.02. The number of sulfonamides is 1. The third-order valence-electron chi connectivity index (χ3n) is 5.77. The van der Waals surface area contributed by atoms with Crippen molar-refractivity contribution in [3.63, 3.8) is 0 Å². The van der Waals surface area contributed by atoms with Gasteiger partial charge in [-0.2, -0.15) is 19.4 Å². The fraction of sp³-hybridized carbons (Fsp3) is 0.360. The third kappa shape index (κ3) is 7.45. The van der Waals surface area contributed by atoms with Crippen LogP contribution in [-0.2, 0) is 27.9 Å². The monoisotopic (exact) mass is 560 g/mol. The molecule has 0 atom stereocenters. The van der Waals surface area contributed by atoms with Crippen LogP contribution in [-0.4, -0.2) is 74.3 Å². The number of azo groups is 1. The predicted molar refractivity (Wildman–Crippen MR) is 142 cm³/mol. The Bertz CT molecular complexity index is 1330. The number of hydrogen-bond donors (Lipinski definition) is 1. The molecule has 2 heterocycles. The van der Waals surface area contributed by atoms with E-state index in [2.05, 4.69) is 25.1 Å². The van der Waals surface area contributed by atoms with Crippen molar-refractivity contribution >= 4 is 33.3 Å². The van der Waals surface area contributed by atoms with Crippen molar-refractivity contribution in [3.8, 4) is 6.01 Å². The predicted octanol–water partition coefficient (Wildman–Crippen LogP) is 3.44. The van der Waals surface area contributed by atoms with E-state index in [0.29, 0.717) is 49.5 Å². The molecule has 0 aliphatic carbocycles. The lowest BCUT2D eigenvalue weighted by atomic mass is 10.2. The number of aliphatic hydroxyl groups excluding tert-OH is 1. The quantitative estimate of drug-likeness (QED) is 0.353. The molecular formula is C25H29ClN6O5S. The lowest BCUT2D eigenvalue weighted by molar-refractivity contribution is 0.122. The number of aromatic nitrogens is 2. The van der Waals surface area contributed by atoms with E-state index in [1.165, 1.54) is 19.2 Å². The highest BCUT2D eigenvalue weighted by molar-refractivity contribution is 7.89. The summed E-state index contributed by atoms with van der Waals surface area (Å²) in [4.78, 5) is 11.1. The SMILES string of the molecule is CN(CCO)S(=O)(=O)c1ccc(COc2nc(N=NCc3ccc(Cl)cc3)cc(N3CCOCC3)n2)cc1. The number of likely N-dealkylation sites (N-methyl/N-ethyl adjacent to an activating group) is 1. The van der Waals surface area contributed by atoms with Crippen molar-refractivity contribution < 1.29 is 23.0 Å². The minimum atomic E-state index is -3.68. The van der Waals surface area contributed by atoms with Crippen LogP contribution in [0.5, 0.6) is 6.01 Å². The number of anilines is 1. The van der Waals surface area contributed by atoms with E-state index in [1.807, 2.05) is 12.1 Å². The minimum absolute atomic E-state index is 0.0173. The van der Waals surface area contributed by atoms with Crippen LogP contribution in [0, 0.1) is 0 Å². The molecule has 0 saturated carbocycles. The Kier molecular flexibility index (Phi) is 9.58. The Hall–Kier alpha value is -3.16. The molecule has 3 aromatic rings. The van der Waals surface area contributed by atoms with Gasteiger partial charge < -0.3 is 19.5 Å². The van der Waals surface area contributed by atoms with Gasteiger partial charge in [0, 0.05) is 37.8 Å². The number of morpholine rings is 1. The summed E-state index contributed by atoms with van der Waals surface area (Å²) >= 11 is 5.94. The van der Waals surface area contributed by atoms with Crippen molar-refractivity contribution in [1.82, 2.24) is 14.3 Å². The standard InChI is InChI=1S/C25H29ClN6O5S/c1-31(10-13-33)38(34,35)22-8-4-20(5-9-22)18-37-25-28-23(16-24(29-25)32-11-14-36-15-12-32)30-27-17-19-2-6-21(26)7-3-19/h2-9,16,33H,10-15,17-18H2,1H3. The number of rotatable bonds is 11. The molecule has 13 heteroatoms. The maximum atomic E-state index is 12.6. The van der Waals surface area contributed by atoms with Gasteiger partial charge in [0.1, 0.15) is 12.4 Å². The molecule has 202 valence electrons. The largest absolute Gasteiger partial charge is 0.458 e. The molecule has 1 aromatic heterocycles. The lowest BCUT2D eigenvalue weighted by Crippen LogP contribution is -2.36. The third-order valence-corrected chi connectivity index (χ3v) is 7.89. The average molecular weight is 561 g/mol.